The first-order valence-electron chi connectivity index (χ1n) is 3.81. The Labute approximate surface area is 78.2 Å². The zero-order valence-electron chi connectivity index (χ0n) is 7.01. The monoisotopic (exact) mass is 194 g/mol. The van der Waals surface area contributed by atoms with Gasteiger partial charge in [-0.15, -0.1) is 0 Å². The van der Waals surface area contributed by atoms with Crippen LogP contribution in [0.15, 0.2) is 27.6 Å². The van der Waals surface area contributed by atoms with Gasteiger partial charge in [-0.05, 0) is 0 Å². The number of hydrogen-bond donors (Lipinski definition) is 1. The molecule has 0 saturated carbocycles. The van der Waals surface area contributed by atoms with Gasteiger partial charge in [-0.1, -0.05) is 0 Å². The van der Waals surface area contributed by atoms with Crippen LogP contribution in [0.1, 0.15) is 5.76 Å². The lowest BCUT2D eigenvalue weighted by atomic mass is 10.4. The molecule has 6 nitrogen and oxygen atoms in total. The third-order valence-corrected chi connectivity index (χ3v) is 1.52. The highest BCUT2D eigenvalue weighted by Crippen LogP contribution is 2.18. The molecule has 0 aromatic carbocycles. The third-order valence-electron chi connectivity index (χ3n) is 1.52. The van der Waals surface area contributed by atoms with Gasteiger partial charge < -0.3 is 13.9 Å². The summed E-state index contributed by atoms with van der Waals surface area (Å²) in [6, 6.07) is 0. The summed E-state index contributed by atoms with van der Waals surface area (Å²) >= 11 is 0. The fraction of sp³-hybridized carbons (Fsp3) is 0.125. The van der Waals surface area contributed by atoms with Gasteiger partial charge in [0.1, 0.15) is 12.2 Å². The summed E-state index contributed by atoms with van der Waals surface area (Å²) in [5, 5.41) is 8.48. The molecule has 0 fully saturated rings. The molecule has 0 atom stereocenters. The molecule has 2 aromatic rings. The molecular formula is C8H6N2O4. The predicted octanol–water partition coefficient (Wildman–Crippen LogP) is 0.957. The SMILES string of the molecule is O=C(O)Cc1cnc(-c2cnco2)o1. The highest BCUT2D eigenvalue weighted by Gasteiger charge is 2.11. The summed E-state index contributed by atoms with van der Waals surface area (Å²) in [7, 11) is 0. The number of carbonyl (C=O) groups is 1. The molecule has 0 amide bonds. The lowest BCUT2D eigenvalue weighted by Crippen LogP contribution is -1.97. The summed E-state index contributed by atoms with van der Waals surface area (Å²) < 4.78 is 10.0. The van der Waals surface area contributed by atoms with E-state index in [4.69, 9.17) is 13.9 Å². The molecule has 0 unspecified atom stereocenters. The Bertz CT molecular complexity index is 432. The van der Waals surface area contributed by atoms with Crippen LogP contribution in [-0.4, -0.2) is 21.0 Å². The van der Waals surface area contributed by atoms with Gasteiger partial charge in [-0.3, -0.25) is 4.79 Å². The molecule has 0 spiro atoms. The first-order valence-corrected chi connectivity index (χ1v) is 3.81. The molecule has 0 aliphatic carbocycles. The number of nitrogens with zero attached hydrogens (tertiary/aromatic N) is 2. The molecule has 2 rings (SSSR count). The molecule has 0 bridgehead atoms. The highest BCUT2D eigenvalue weighted by molar-refractivity contribution is 5.69. The van der Waals surface area contributed by atoms with E-state index in [0.717, 1.165) is 0 Å². The minimum Gasteiger partial charge on any atom is -0.481 e. The van der Waals surface area contributed by atoms with Crippen molar-refractivity contribution in [1.29, 1.82) is 0 Å². The van der Waals surface area contributed by atoms with Gasteiger partial charge in [0, 0.05) is 0 Å². The van der Waals surface area contributed by atoms with Crippen molar-refractivity contribution in [1.82, 2.24) is 9.97 Å². The number of hydrogen-bond acceptors (Lipinski definition) is 5. The van der Waals surface area contributed by atoms with Crippen LogP contribution in [0, 0.1) is 0 Å². The number of rotatable bonds is 3. The molecule has 2 aromatic heterocycles. The molecule has 6 heteroatoms. The molecule has 0 saturated heterocycles. The van der Waals surface area contributed by atoms with Crippen molar-refractivity contribution in [3.63, 3.8) is 0 Å². The van der Waals surface area contributed by atoms with Crippen molar-refractivity contribution in [2.24, 2.45) is 0 Å². The maximum absolute atomic E-state index is 10.3. The standard InChI is InChI=1S/C8H6N2O4/c11-7(12)1-5-2-10-8(14-5)6-3-9-4-13-6/h2-4H,1H2,(H,11,12). The molecule has 72 valence electrons. The second-order valence-electron chi connectivity index (χ2n) is 2.57. The van der Waals surface area contributed by atoms with E-state index >= 15 is 0 Å². The summed E-state index contributed by atoms with van der Waals surface area (Å²) in [5.74, 6) is -0.0745. The number of aromatic nitrogens is 2. The lowest BCUT2D eigenvalue weighted by molar-refractivity contribution is -0.136. The van der Waals surface area contributed by atoms with E-state index in [9.17, 15) is 4.79 Å². The van der Waals surface area contributed by atoms with Crippen molar-refractivity contribution in [3.8, 4) is 11.7 Å². The van der Waals surface area contributed by atoms with Gasteiger partial charge >= 0.3 is 5.97 Å². The van der Waals surface area contributed by atoms with E-state index in [2.05, 4.69) is 9.97 Å². The summed E-state index contributed by atoms with van der Waals surface area (Å²) in [5.41, 5.74) is 0. The van der Waals surface area contributed by atoms with Crippen molar-refractivity contribution < 1.29 is 18.7 Å². The summed E-state index contributed by atoms with van der Waals surface area (Å²) in [6.45, 7) is 0. The Kier molecular flexibility index (Phi) is 2.02. The quantitative estimate of drug-likeness (QED) is 0.782. The third kappa shape index (κ3) is 1.63. The van der Waals surface area contributed by atoms with Crippen molar-refractivity contribution >= 4 is 5.97 Å². The largest absolute Gasteiger partial charge is 0.481 e. The van der Waals surface area contributed by atoms with Crippen LogP contribution in [-0.2, 0) is 11.2 Å². The van der Waals surface area contributed by atoms with Crippen molar-refractivity contribution in [2.75, 3.05) is 0 Å². The lowest BCUT2D eigenvalue weighted by Gasteiger charge is -1.87. The number of aliphatic carboxylic acids is 1. The van der Waals surface area contributed by atoms with Gasteiger partial charge in [-0.25, -0.2) is 9.97 Å². The Morgan fingerprint density at radius 2 is 2.36 bits per heavy atom. The fourth-order valence-electron chi connectivity index (χ4n) is 0.974. The van der Waals surface area contributed by atoms with E-state index in [1.54, 1.807) is 0 Å². The average molecular weight is 194 g/mol. The number of carboxylic acids is 1. The normalized spacial score (nSPS) is 10.3. The average Bonchev–Trinajstić information content (AvgIpc) is 2.69. The van der Waals surface area contributed by atoms with Crippen molar-refractivity contribution in [3.05, 3.63) is 24.5 Å². The number of carboxylic acid groups (broad SMARTS) is 1. The van der Waals surface area contributed by atoms with E-state index in [1.165, 1.54) is 18.8 Å². The van der Waals surface area contributed by atoms with Gasteiger partial charge in [0.05, 0.1) is 12.4 Å². The zero-order chi connectivity index (χ0) is 9.97. The summed E-state index contributed by atoms with van der Waals surface area (Å²) in [4.78, 5) is 17.9. The molecule has 2 heterocycles. The molecule has 0 radical (unpaired) electrons. The van der Waals surface area contributed by atoms with Crippen LogP contribution in [0.5, 0.6) is 0 Å². The Morgan fingerprint density at radius 3 is 3.00 bits per heavy atom. The Hall–Kier alpha value is -2.11. The van der Waals surface area contributed by atoms with Crippen LogP contribution in [0.4, 0.5) is 0 Å². The minimum atomic E-state index is -0.967. The van der Waals surface area contributed by atoms with Gasteiger partial charge in [0.25, 0.3) is 5.89 Å². The zero-order valence-corrected chi connectivity index (χ0v) is 7.01. The topological polar surface area (TPSA) is 89.4 Å². The Balaban J connectivity index is 2.22. The Morgan fingerprint density at radius 1 is 1.50 bits per heavy atom. The second kappa shape index (κ2) is 3.33. The summed E-state index contributed by atoms with van der Waals surface area (Å²) in [6.07, 6.45) is 3.85. The number of oxazole rings is 2. The fourth-order valence-corrected chi connectivity index (χ4v) is 0.974. The smallest absolute Gasteiger partial charge is 0.311 e. The highest BCUT2D eigenvalue weighted by atomic mass is 16.4. The van der Waals surface area contributed by atoms with Crippen LogP contribution >= 0.6 is 0 Å². The maximum atomic E-state index is 10.3. The first-order chi connectivity index (χ1) is 6.75. The minimum absolute atomic E-state index is 0.193. The van der Waals surface area contributed by atoms with Crippen LogP contribution in [0.2, 0.25) is 0 Å². The van der Waals surface area contributed by atoms with Crippen molar-refractivity contribution in [2.45, 2.75) is 6.42 Å². The van der Waals surface area contributed by atoms with Crippen LogP contribution < -0.4 is 0 Å². The van der Waals surface area contributed by atoms with E-state index in [1.807, 2.05) is 0 Å². The molecule has 0 aliphatic rings. The van der Waals surface area contributed by atoms with E-state index < -0.39 is 5.97 Å². The molecule has 0 aliphatic heterocycles. The second-order valence-corrected chi connectivity index (χ2v) is 2.57. The molecular weight excluding hydrogens is 188 g/mol. The maximum Gasteiger partial charge on any atom is 0.311 e. The van der Waals surface area contributed by atoms with Gasteiger partial charge in [-0.2, -0.15) is 0 Å². The van der Waals surface area contributed by atoms with Gasteiger partial charge in [0.15, 0.2) is 6.39 Å². The van der Waals surface area contributed by atoms with Crippen LogP contribution in [0.25, 0.3) is 11.7 Å². The van der Waals surface area contributed by atoms with Gasteiger partial charge in [0.2, 0.25) is 5.76 Å². The predicted molar refractivity (Wildman–Crippen MR) is 43.3 cm³/mol. The molecule has 1 N–H and O–H groups in total. The van der Waals surface area contributed by atoms with E-state index in [-0.39, 0.29) is 18.1 Å². The van der Waals surface area contributed by atoms with Crippen LogP contribution in [0.3, 0.4) is 0 Å². The van der Waals surface area contributed by atoms with E-state index in [0.29, 0.717) is 5.76 Å². The first kappa shape index (κ1) is 8.49. The molecule has 14 heavy (non-hydrogen) atoms.